The van der Waals surface area contributed by atoms with Gasteiger partial charge in [-0.05, 0) is 30.9 Å². The van der Waals surface area contributed by atoms with Gasteiger partial charge in [-0.2, -0.15) is 0 Å². The van der Waals surface area contributed by atoms with Crippen molar-refractivity contribution in [3.8, 4) is 5.75 Å². The highest BCUT2D eigenvalue weighted by molar-refractivity contribution is 5.68. The van der Waals surface area contributed by atoms with Crippen LogP contribution in [0.15, 0.2) is 18.2 Å². The van der Waals surface area contributed by atoms with Crippen LogP contribution < -0.4 is 10.1 Å². The molecule has 2 rings (SSSR count). The highest BCUT2D eigenvalue weighted by atomic mass is 16.6. The molecular formula is C13H18N2O3. The fourth-order valence-corrected chi connectivity index (χ4v) is 2.49. The second kappa shape index (κ2) is 5.71. The molecule has 0 heterocycles. The lowest BCUT2D eigenvalue weighted by atomic mass is 10.1. The van der Waals surface area contributed by atoms with E-state index in [9.17, 15) is 10.1 Å². The standard InChI is InChI=1S/C13H18N2O3/c1-18-12-8-4-7-11(13(12)15(16)17)14-9-10-5-2-3-6-10/h4,7-8,10,14H,2-3,5-6,9H2,1H3. The summed E-state index contributed by atoms with van der Waals surface area (Å²) in [5.74, 6) is 0.937. The molecule has 1 aromatic carbocycles. The van der Waals surface area contributed by atoms with Crippen LogP contribution in [0.5, 0.6) is 5.75 Å². The van der Waals surface area contributed by atoms with Crippen molar-refractivity contribution in [2.45, 2.75) is 25.7 Å². The maximum absolute atomic E-state index is 11.1. The van der Waals surface area contributed by atoms with E-state index in [1.807, 2.05) is 0 Å². The second-order valence-corrected chi connectivity index (χ2v) is 4.64. The summed E-state index contributed by atoms with van der Waals surface area (Å²) in [5.41, 5.74) is 0.573. The minimum Gasteiger partial charge on any atom is -0.490 e. The van der Waals surface area contributed by atoms with Crippen molar-refractivity contribution in [2.75, 3.05) is 19.0 Å². The summed E-state index contributed by atoms with van der Waals surface area (Å²) in [5, 5.41) is 14.3. The molecule has 0 aromatic heterocycles. The summed E-state index contributed by atoms with van der Waals surface area (Å²) in [7, 11) is 1.45. The number of para-hydroxylation sites is 1. The molecule has 5 heteroatoms. The minimum absolute atomic E-state index is 0.0259. The van der Waals surface area contributed by atoms with Gasteiger partial charge < -0.3 is 10.1 Å². The topological polar surface area (TPSA) is 64.4 Å². The number of anilines is 1. The fraction of sp³-hybridized carbons (Fsp3) is 0.538. The Morgan fingerprint density at radius 2 is 2.17 bits per heavy atom. The van der Waals surface area contributed by atoms with Crippen LogP contribution in [0.3, 0.4) is 0 Å². The lowest BCUT2D eigenvalue weighted by Gasteiger charge is -2.13. The fourth-order valence-electron chi connectivity index (χ4n) is 2.49. The van der Waals surface area contributed by atoms with Crippen molar-refractivity contribution in [2.24, 2.45) is 5.92 Å². The Kier molecular flexibility index (Phi) is 4.02. The Morgan fingerprint density at radius 1 is 1.44 bits per heavy atom. The largest absolute Gasteiger partial charge is 0.490 e. The van der Waals surface area contributed by atoms with E-state index in [1.54, 1.807) is 18.2 Å². The van der Waals surface area contributed by atoms with Crippen molar-refractivity contribution in [3.05, 3.63) is 28.3 Å². The number of methoxy groups -OCH3 is 1. The van der Waals surface area contributed by atoms with Crippen LogP contribution in [0.2, 0.25) is 0 Å². The van der Waals surface area contributed by atoms with Gasteiger partial charge in [-0.15, -0.1) is 0 Å². The van der Waals surface area contributed by atoms with Crippen molar-refractivity contribution in [3.63, 3.8) is 0 Å². The maximum atomic E-state index is 11.1. The molecule has 0 saturated heterocycles. The van der Waals surface area contributed by atoms with Gasteiger partial charge in [0.25, 0.3) is 0 Å². The van der Waals surface area contributed by atoms with Crippen LogP contribution in [0, 0.1) is 16.0 Å². The van der Waals surface area contributed by atoms with E-state index in [1.165, 1.54) is 32.8 Å². The Labute approximate surface area is 106 Å². The molecule has 98 valence electrons. The first-order valence-corrected chi connectivity index (χ1v) is 6.27. The summed E-state index contributed by atoms with van der Waals surface area (Å²) >= 11 is 0. The van der Waals surface area contributed by atoms with Crippen LogP contribution in [0.1, 0.15) is 25.7 Å². The van der Waals surface area contributed by atoms with Gasteiger partial charge in [-0.1, -0.05) is 18.9 Å². The van der Waals surface area contributed by atoms with E-state index < -0.39 is 4.92 Å². The molecule has 0 bridgehead atoms. The lowest BCUT2D eigenvalue weighted by Crippen LogP contribution is -2.12. The molecule has 1 fully saturated rings. The summed E-state index contributed by atoms with van der Waals surface area (Å²) < 4.78 is 5.04. The highest BCUT2D eigenvalue weighted by Crippen LogP contribution is 2.35. The van der Waals surface area contributed by atoms with E-state index in [0.717, 1.165) is 6.54 Å². The molecule has 18 heavy (non-hydrogen) atoms. The number of hydrogen-bond donors (Lipinski definition) is 1. The molecule has 1 aliphatic carbocycles. The normalized spacial score (nSPS) is 15.6. The van der Waals surface area contributed by atoms with Crippen molar-refractivity contribution < 1.29 is 9.66 Å². The lowest BCUT2D eigenvalue weighted by molar-refractivity contribution is -0.384. The maximum Gasteiger partial charge on any atom is 0.333 e. The van der Waals surface area contributed by atoms with Crippen LogP contribution in [-0.2, 0) is 0 Å². The first kappa shape index (κ1) is 12.7. The van der Waals surface area contributed by atoms with E-state index in [-0.39, 0.29) is 5.69 Å². The Balaban J connectivity index is 2.13. The third-order valence-corrected chi connectivity index (χ3v) is 3.46. The predicted molar refractivity (Wildman–Crippen MR) is 70.1 cm³/mol. The average Bonchev–Trinajstić information content (AvgIpc) is 2.88. The molecule has 1 aliphatic rings. The van der Waals surface area contributed by atoms with Gasteiger partial charge in [0.15, 0.2) is 5.75 Å². The number of benzene rings is 1. The molecule has 0 aliphatic heterocycles. The zero-order valence-corrected chi connectivity index (χ0v) is 10.5. The number of rotatable bonds is 5. The van der Waals surface area contributed by atoms with E-state index in [2.05, 4.69) is 5.32 Å². The Bertz CT molecular complexity index is 428. The van der Waals surface area contributed by atoms with Crippen LogP contribution in [0.4, 0.5) is 11.4 Å². The van der Waals surface area contributed by atoms with Crippen LogP contribution in [0.25, 0.3) is 0 Å². The summed E-state index contributed by atoms with van der Waals surface area (Å²) in [6, 6.07) is 5.11. The molecule has 0 amide bonds. The summed E-state index contributed by atoms with van der Waals surface area (Å²) in [6.45, 7) is 0.800. The predicted octanol–water partition coefficient (Wildman–Crippen LogP) is 3.21. The van der Waals surface area contributed by atoms with Gasteiger partial charge in [0.05, 0.1) is 12.0 Å². The SMILES string of the molecule is COc1cccc(NCC2CCCC2)c1[N+](=O)[O-]. The van der Waals surface area contributed by atoms with Gasteiger partial charge in [0.1, 0.15) is 5.69 Å². The number of hydrogen-bond acceptors (Lipinski definition) is 4. The zero-order chi connectivity index (χ0) is 13.0. The zero-order valence-electron chi connectivity index (χ0n) is 10.5. The summed E-state index contributed by atoms with van der Waals surface area (Å²) in [4.78, 5) is 10.7. The smallest absolute Gasteiger partial charge is 0.333 e. The summed E-state index contributed by atoms with van der Waals surface area (Å²) in [6.07, 6.45) is 4.97. The van der Waals surface area contributed by atoms with E-state index >= 15 is 0 Å². The van der Waals surface area contributed by atoms with E-state index in [0.29, 0.717) is 17.4 Å². The third kappa shape index (κ3) is 2.72. The molecular weight excluding hydrogens is 232 g/mol. The average molecular weight is 250 g/mol. The van der Waals surface area contributed by atoms with Gasteiger partial charge in [0.2, 0.25) is 0 Å². The Hall–Kier alpha value is -1.78. The molecule has 1 aromatic rings. The third-order valence-electron chi connectivity index (χ3n) is 3.46. The minimum atomic E-state index is -0.393. The van der Waals surface area contributed by atoms with Gasteiger partial charge in [-0.25, -0.2) is 0 Å². The first-order chi connectivity index (χ1) is 8.72. The number of nitrogens with zero attached hydrogens (tertiary/aromatic N) is 1. The molecule has 1 saturated carbocycles. The molecule has 0 atom stereocenters. The molecule has 0 spiro atoms. The number of ether oxygens (including phenoxy) is 1. The van der Waals surface area contributed by atoms with Gasteiger partial charge >= 0.3 is 5.69 Å². The molecule has 5 nitrogen and oxygen atoms in total. The van der Waals surface area contributed by atoms with E-state index in [4.69, 9.17) is 4.74 Å². The second-order valence-electron chi connectivity index (χ2n) is 4.64. The van der Waals surface area contributed by atoms with Crippen molar-refractivity contribution in [1.29, 1.82) is 0 Å². The van der Waals surface area contributed by atoms with Crippen LogP contribution >= 0.6 is 0 Å². The highest BCUT2D eigenvalue weighted by Gasteiger charge is 2.21. The Morgan fingerprint density at radius 3 is 2.78 bits per heavy atom. The van der Waals surface area contributed by atoms with Crippen LogP contribution in [-0.4, -0.2) is 18.6 Å². The quantitative estimate of drug-likeness (QED) is 0.643. The first-order valence-electron chi connectivity index (χ1n) is 6.27. The number of nitro groups is 1. The van der Waals surface area contributed by atoms with Gasteiger partial charge in [0, 0.05) is 6.54 Å². The monoisotopic (exact) mass is 250 g/mol. The van der Waals surface area contributed by atoms with Crippen molar-refractivity contribution >= 4 is 11.4 Å². The van der Waals surface area contributed by atoms with Crippen molar-refractivity contribution in [1.82, 2.24) is 0 Å². The molecule has 1 N–H and O–H groups in total. The number of nitrogens with one attached hydrogen (secondary N) is 1. The van der Waals surface area contributed by atoms with Gasteiger partial charge in [-0.3, -0.25) is 10.1 Å². The molecule has 0 radical (unpaired) electrons. The number of nitro benzene ring substituents is 1. The molecule has 0 unspecified atom stereocenters.